The van der Waals surface area contributed by atoms with Crippen LogP contribution in [0, 0.1) is 20.8 Å². The molecule has 0 fully saturated rings. The summed E-state index contributed by atoms with van der Waals surface area (Å²) in [7, 11) is 0. The van der Waals surface area contributed by atoms with Crippen molar-refractivity contribution in [3.8, 4) is 23.0 Å². The molecule has 0 atom stereocenters. The number of phenols is 4. The molecular formula is C40H34N4O8. The van der Waals surface area contributed by atoms with Crippen molar-refractivity contribution < 1.29 is 39.3 Å². The van der Waals surface area contributed by atoms with Gasteiger partial charge in [-0.15, -0.1) is 0 Å². The third kappa shape index (κ3) is 9.86. The first kappa shape index (κ1) is 36.0. The summed E-state index contributed by atoms with van der Waals surface area (Å²) in [5, 5.41) is 79.9. The molecule has 4 N–H and O–H groups in total. The largest absolute Gasteiger partial charge is 0.618 e. The van der Waals surface area contributed by atoms with Crippen molar-refractivity contribution in [1.82, 2.24) is 0 Å². The molecule has 12 nitrogen and oxygen atoms in total. The minimum atomic E-state index is -0.0824. The zero-order chi connectivity index (χ0) is 37.0. The van der Waals surface area contributed by atoms with Crippen LogP contribution < -0.4 is 18.9 Å². The molecule has 0 saturated carbocycles. The zero-order valence-electron chi connectivity index (χ0n) is 27.5. The minimum Gasteiger partial charge on any atom is -0.618 e. The van der Waals surface area contributed by atoms with Crippen LogP contribution in [-0.2, 0) is 0 Å². The molecule has 0 aliphatic rings. The lowest BCUT2D eigenvalue weighted by Crippen LogP contribution is -2.33. The van der Waals surface area contributed by atoms with Crippen molar-refractivity contribution in [2.24, 2.45) is 0 Å². The van der Waals surface area contributed by atoms with Crippen LogP contribution in [0.4, 0.5) is 0 Å². The van der Waals surface area contributed by atoms with Gasteiger partial charge in [0.05, 0.1) is 0 Å². The second-order valence-electron chi connectivity index (χ2n) is 11.5. The van der Waals surface area contributed by atoms with Crippen LogP contribution in [0.2, 0.25) is 0 Å². The Labute approximate surface area is 298 Å². The zero-order valence-corrected chi connectivity index (χ0v) is 27.5. The predicted molar refractivity (Wildman–Crippen MR) is 189 cm³/mol. The van der Waals surface area contributed by atoms with Gasteiger partial charge in [0.25, 0.3) is 0 Å². The highest BCUT2D eigenvalue weighted by molar-refractivity contribution is 5.49. The maximum atomic E-state index is 10.2. The van der Waals surface area contributed by atoms with E-state index < -0.39 is 0 Å². The van der Waals surface area contributed by atoms with Crippen LogP contribution >= 0.6 is 0 Å². The van der Waals surface area contributed by atoms with E-state index in [0.29, 0.717) is 18.9 Å². The first-order valence-corrected chi connectivity index (χ1v) is 15.9. The van der Waals surface area contributed by atoms with Gasteiger partial charge in [-0.05, 0) is 81.9 Å². The Hall–Kier alpha value is -7.34. The lowest BCUT2D eigenvalue weighted by Gasteiger charge is -2.22. The molecule has 7 rings (SSSR count). The minimum absolute atomic E-state index is 0.0824. The second-order valence-corrected chi connectivity index (χ2v) is 11.5. The third-order valence-corrected chi connectivity index (χ3v) is 7.95. The summed E-state index contributed by atoms with van der Waals surface area (Å²) in [4.78, 5) is 0. The fraction of sp³-hybridized carbons (Fsp3) is 0.0500. The first-order chi connectivity index (χ1) is 25.0. The summed E-state index contributed by atoms with van der Waals surface area (Å²) >= 11 is 0. The van der Waals surface area contributed by atoms with Gasteiger partial charge >= 0.3 is 0 Å². The molecule has 0 aliphatic heterocycles. The maximum absolute atomic E-state index is 10.2. The summed E-state index contributed by atoms with van der Waals surface area (Å²) < 4.78 is 2.20. The van der Waals surface area contributed by atoms with Gasteiger partial charge in [0.2, 0.25) is 49.6 Å². The molecule has 52 heavy (non-hydrogen) atoms. The van der Waals surface area contributed by atoms with Gasteiger partial charge in [0.15, 0.2) is 0 Å². The van der Waals surface area contributed by atoms with Gasteiger partial charge in [0.1, 0.15) is 23.0 Å². The average molecular weight is 699 g/mol. The Balaban J connectivity index is 0.000000267. The Morgan fingerprint density at radius 1 is 0.269 bits per heavy atom. The van der Waals surface area contributed by atoms with Crippen molar-refractivity contribution in [2.45, 2.75) is 11.8 Å². The molecule has 5 aromatic carbocycles. The molecule has 0 unspecified atom stereocenters. The number of hydrogen-bond acceptors (Lipinski definition) is 8. The quantitative estimate of drug-likeness (QED) is 0.108. The molecule has 2 heterocycles. The number of rotatable bonds is 6. The van der Waals surface area contributed by atoms with Gasteiger partial charge < -0.3 is 41.3 Å². The third-order valence-electron chi connectivity index (χ3n) is 7.95. The van der Waals surface area contributed by atoms with Crippen molar-refractivity contribution in [3.63, 3.8) is 0 Å². The van der Waals surface area contributed by atoms with Crippen molar-refractivity contribution in [3.05, 3.63) is 225 Å². The van der Waals surface area contributed by atoms with Crippen LogP contribution in [0.3, 0.4) is 0 Å². The Morgan fingerprint density at radius 3 is 0.558 bits per heavy atom. The standard InChI is InChI=1S/C32H26O4.2C4H4N2O2/c33-27-13-5-23(6-14-27)31(24-7-15-28(34)16-8-24)21-1-2-22(4-3-21)32(25-9-17-29(35)18-10-25)26-11-19-30(36)20-12-26;2*7-5-1-2-6(8)4-3-5/h1-20,31-36H;2*1-4H. The van der Waals surface area contributed by atoms with Gasteiger partial charge in [-0.3, -0.25) is 0 Å². The van der Waals surface area contributed by atoms with E-state index in [4.69, 9.17) is 0 Å². The Bertz CT molecular complexity index is 1840. The van der Waals surface area contributed by atoms with Crippen molar-refractivity contribution >= 4 is 0 Å². The van der Waals surface area contributed by atoms with E-state index >= 15 is 0 Å². The SMILES string of the molecule is Oc1ccc(C(c2ccc(O)cc2)c2ccc(C(c3ccc(O)cc3)c3ccc(O)cc3)cc2)cc1.[O-][n+]1cc[n+]([O-])cc1.[O-][n+]1cc[n+]([O-])cc1. The van der Waals surface area contributed by atoms with E-state index in [1.807, 2.05) is 48.5 Å². The van der Waals surface area contributed by atoms with E-state index in [2.05, 4.69) is 24.3 Å². The summed E-state index contributed by atoms with van der Waals surface area (Å²) in [5.41, 5.74) is 6.26. The number of aromatic nitrogens is 4. The molecule has 0 aliphatic carbocycles. The molecule has 7 aromatic rings. The number of nitrogens with zero attached hydrogens (tertiary/aromatic N) is 4. The van der Waals surface area contributed by atoms with Crippen LogP contribution in [0.5, 0.6) is 23.0 Å². The van der Waals surface area contributed by atoms with Gasteiger partial charge in [-0.2, -0.15) is 18.9 Å². The van der Waals surface area contributed by atoms with E-state index in [1.54, 1.807) is 48.5 Å². The van der Waals surface area contributed by atoms with Crippen LogP contribution in [-0.4, -0.2) is 20.4 Å². The fourth-order valence-electron chi connectivity index (χ4n) is 5.43. The lowest BCUT2D eigenvalue weighted by atomic mass is 9.81. The van der Waals surface area contributed by atoms with E-state index in [-0.39, 0.29) is 34.8 Å². The monoisotopic (exact) mass is 698 g/mol. The van der Waals surface area contributed by atoms with Gasteiger partial charge in [-0.25, -0.2) is 0 Å². The van der Waals surface area contributed by atoms with Crippen LogP contribution in [0.25, 0.3) is 0 Å². The molecule has 0 amide bonds. The summed E-state index contributed by atoms with van der Waals surface area (Å²) in [6.07, 6.45) is 9.06. The molecule has 0 saturated heterocycles. The van der Waals surface area contributed by atoms with Crippen molar-refractivity contribution in [2.75, 3.05) is 0 Å². The number of aromatic hydroxyl groups is 4. The normalized spacial score (nSPS) is 10.5. The average Bonchev–Trinajstić information content (AvgIpc) is 3.15. The predicted octanol–water partition coefficient (Wildman–Crippen LogP) is 4.78. The number of phenolic OH excluding ortho intramolecular Hbond substituents is 4. The van der Waals surface area contributed by atoms with Crippen LogP contribution in [0.1, 0.15) is 45.2 Å². The molecule has 0 spiro atoms. The van der Waals surface area contributed by atoms with E-state index in [1.165, 1.54) is 0 Å². The van der Waals surface area contributed by atoms with Crippen molar-refractivity contribution in [1.29, 1.82) is 0 Å². The smallest absolute Gasteiger partial charge is 0.245 e. The van der Waals surface area contributed by atoms with E-state index in [0.717, 1.165) is 83.0 Å². The summed E-state index contributed by atoms with van der Waals surface area (Å²) in [5.74, 6) is 0.684. The topological polar surface area (TPSA) is 189 Å². The molecular weight excluding hydrogens is 664 g/mol. The summed E-state index contributed by atoms with van der Waals surface area (Å²) in [6, 6.07) is 37.2. The molecule has 2 aromatic heterocycles. The van der Waals surface area contributed by atoms with Gasteiger partial charge in [-0.1, -0.05) is 72.8 Å². The fourth-order valence-corrected chi connectivity index (χ4v) is 5.43. The molecule has 262 valence electrons. The molecule has 0 radical (unpaired) electrons. The van der Waals surface area contributed by atoms with E-state index in [9.17, 15) is 41.3 Å². The maximum Gasteiger partial charge on any atom is 0.245 e. The first-order valence-electron chi connectivity index (χ1n) is 15.9. The molecule has 0 bridgehead atoms. The lowest BCUT2D eigenvalue weighted by molar-refractivity contribution is -0.665. The van der Waals surface area contributed by atoms with Gasteiger partial charge in [0, 0.05) is 11.8 Å². The summed E-state index contributed by atoms with van der Waals surface area (Å²) in [6.45, 7) is 0. The highest BCUT2D eigenvalue weighted by Gasteiger charge is 2.20. The molecule has 12 heteroatoms. The highest BCUT2D eigenvalue weighted by atomic mass is 16.5. The van der Waals surface area contributed by atoms with Crippen LogP contribution in [0.15, 0.2) is 171 Å². The Morgan fingerprint density at radius 2 is 0.404 bits per heavy atom. The number of benzene rings is 5. The second kappa shape index (κ2) is 16.9. The highest BCUT2D eigenvalue weighted by Crippen LogP contribution is 2.37. The number of hydrogen-bond donors (Lipinski definition) is 4. The Kier molecular flexibility index (Phi) is 11.7.